The van der Waals surface area contributed by atoms with Crippen molar-refractivity contribution in [2.24, 2.45) is 11.7 Å². The van der Waals surface area contributed by atoms with Crippen molar-refractivity contribution in [3.05, 3.63) is 29.8 Å². The van der Waals surface area contributed by atoms with Gasteiger partial charge in [-0.15, -0.1) is 13.2 Å². The molecule has 0 amide bonds. The van der Waals surface area contributed by atoms with Crippen LogP contribution < -0.4 is 10.5 Å². The second kappa shape index (κ2) is 4.56. The van der Waals surface area contributed by atoms with Gasteiger partial charge < -0.3 is 10.5 Å². The molecule has 0 heterocycles. The van der Waals surface area contributed by atoms with Crippen molar-refractivity contribution in [1.29, 1.82) is 0 Å². The number of nitrogens with two attached hydrogens (primary N) is 1. The zero-order chi connectivity index (χ0) is 12.5. The molecule has 1 fully saturated rings. The van der Waals surface area contributed by atoms with Gasteiger partial charge in [0.15, 0.2) is 0 Å². The molecule has 0 saturated heterocycles. The summed E-state index contributed by atoms with van der Waals surface area (Å²) in [6.07, 6.45) is -1.48. The first-order valence-corrected chi connectivity index (χ1v) is 5.55. The number of hydrogen-bond acceptors (Lipinski definition) is 2. The Morgan fingerprint density at radius 2 is 2.06 bits per heavy atom. The predicted octanol–water partition coefficient (Wildman–Crippen LogP) is 3.39. The highest BCUT2D eigenvalue weighted by Gasteiger charge is 2.31. The van der Waals surface area contributed by atoms with Gasteiger partial charge in [-0.05, 0) is 30.0 Å². The van der Waals surface area contributed by atoms with Crippen LogP contribution in [0.25, 0.3) is 0 Å². The first-order chi connectivity index (χ1) is 7.94. The highest BCUT2D eigenvalue weighted by Crippen LogP contribution is 2.37. The molecule has 1 aliphatic carbocycles. The van der Waals surface area contributed by atoms with Crippen LogP contribution in [-0.4, -0.2) is 6.36 Å². The van der Waals surface area contributed by atoms with Crippen LogP contribution in [0.4, 0.5) is 13.2 Å². The maximum Gasteiger partial charge on any atom is 0.573 e. The van der Waals surface area contributed by atoms with E-state index in [2.05, 4.69) is 4.74 Å². The van der Waals surface area contributed by atoms with Crippen LogP contribution in [0.2, 0.25) is 0 Å². The number of alkyl halides is 3. The second-order valence-corrected chi connectivity index (χ2v) is 4.41. The molecule has 2 N–H and O–H groups in total. The van der Waals surface area contributed by atoms with Gasteiger partial charge in [0.25, 0.3) is 0 Å². The van der Waals surface area contributed by atoms with Crippen molar-refractivity contribution in [2.45, 2.75) is 31.7 Å². The first-order valence-electron chi connectivity index (χ1n) is 5.55. The van der Waals surface area contributed by atoms with Gasteiger partial charge >= 0.3 is 6.36 Å². The molecule has 1 atom stereocenters. The van der Waals surface area contributed by atoms with Gasteiger partial charge in [0, 0.05) is 6.04 Å². The van der Waals surface area contributed by atoms with E-state index < -0.39 is 6.36 Å². The maximum atomic E-state index is 12.0. The molecule has 0 radical (unpaired) electrons. The molecule has 0 bridgehead atoms. The number of hydrogen-bond donors (Lipinski definition) is 1. The summed E-state index contributed by atoms with van der Waals surface area (Å²) in [6.45, 7) is 0. The Bertz CT molecular complexity index is 388. The van der Waals surface area contributed by atoms with E-state index in [0.29, 0.717) is 11.5 Å². The monoisotopic (exact) mass is 245 g/mol. The lowest BCUT2D eigenvalue weighted by atomic mass is 10.0. The molecule has 94 valence electrons. The minimum Gasteiger partial charge on any atom is -0.406 e. The molecular formula is C12H14F3NO. The molecule has 0 aliphatic heterocycles. The normalized spacial score (nSPS) is 17.9. The SMILES string of the molecule is N[C@H](CC1CC1)c1cccc(OC(F)(F)F)c1. The van der Waals surface area contributed by atoms with E-state index in [9.17, 15) is 13.2 Å². The largest absolute Gasteiger partial charge is 0.573 e. The highest BCUT2D eigenvalue weighted by molar-refractivity contribution is 5.30. The van der Waals surface area contributed by atoms with Crippen LogP contribution in [0, 0.1) is 5.92 Å². The van der Waals surface area contributed by atoms with Crippen molar-refractivity contribution in [3.8, 4) is 5.75 Å². The average molecular weight is 245 g/mol. The lowest BCUT2D eigenvalue weighted by Gasteiger charge is -2.14. The fourth-order valence-electron chi connectivity index (χ4n) is 1.79. The number of rotatable bonds is 4. The Kier molecular flexibility index (Phi) is 3.28. The van der Waals surface area contributed by atoms with Crippen LogP contribution in [0.1, 0.15) is 30.9 Å². The Hall–Kier alpha value is -1.23. The van der Waals surface area contributed by atoms with E-state index in [1.165, 1.54) is 31.0 Å². The summed E-state index contributed by atoms with van der Waals surface area (Å²) < 4.78 is 40.0. The van der Waals surface area contributed by atoms with E-state index in [1.54, 1.807) is 6.07 Å². The lowest BCUT2D eigenvalue weighted by molar-refractivity contribution is -0.274. The van der Waals surface area contributed by atoms with E-state index in [4.69, 9.17) is 5.73 Å². The fraction of sp³-hybridized carbons (Fsp3) is 0.500. The number of halogens is 3. The van der Waals surface area contributed by atoms with Gasteiger partial charge in [-0.2, -0.15) is 0 Å². The summed E-state index contributed by atoms with van der Waals surface area (Å²) >= 11 is 0. The summed E-state index contributed by atoms with van der Waals surface area (Å²) in [5.74, 6) is 0.429. The second-order valence-electron chi connectivity index (χ2n) is 4.41. The van der Waals surface area contributed by atoms with Gasteiger partial charge in [0.1, 0.15) is 5.75 Å². The maximum absolute atomic E-state index is 12.0. The standard InChI is InChI=1S/C12H14F3NO/c13-12(14,15)17-10-3-1-2-9(7-10)11(16)6-8-4-5-8/h1-3,7-8,11H,4-6,16H2/t11-/m1/s1. The third-order valence-corrected chi connectivity index (χ3v) is 2.80. The predicted molar refractivity (Wildman–Crippen MR) is 57.4 cm³/mol. The quantitative estimate of drug-likeness (QED) is 0.882. The van der Waals surface area contributed by atoms with Gasteiger partial charge in [-0.1, -0.05) is 25.0 Å². The van der Waals surface area contributed by atoms with Crippen molar-refractivity contribution in [2.75, 3.05) is 0 Å². The smallest absolute Gasteiger partial charge is 0.406 e. The van der Waals surface area contributed by atoms with Crippen LogP contribution in [0.15, 0.2) is 24.3 Å². The summed E-state index contributed by atoms with van der Waals surface area (Å²) in [5, 5.41) is 0. The zero-order valence-corrected chi connectivity index (χ0v) is 9.20. The Labute approximate surface area is 97.6 Å². The molecule has 1 saturated carbocycles. The van der Waals surface area contributed by atoms with Crippen LogP contribution in [0.3, 0.4) is 0 Å². The average Bonchev–Trinajstić information content (AvgIpc) is 2.99. The molecule has 1 aliphatic rings. The Morgan fingerprint density at radius 3 is 2.65 bits per heavy atom. The van der Waals surface area contributed by atoms with Crippen molar-refractivity contribution < 1.29 is 17.9 Å². The van der Waals surface area contributed by atoms with Crippen LogP contribution in [0.5, 0.6) is 5.75 Å². The molecule has 1 aromatic rings. The Balaban J connectivity index is 2.04. The summed E-state index contributed by atoms with van der Waals surface area (Å²) in [4.78, 5) is 0. The van der Waals surface area contributed by atoms with E-state index in [0.717, 1.165) is 6.42 Å². The summed E-state index contributed by atoms with van der Waals surface area (Å²) in [5.41, 5.74) is 6.62. The first kappa shape index (κ1) is 12.2. The number of ether oxygens (including phenoxy) is 1. The third-order valence-electron chi connectivity index (χ3n) is 2.80. The van der Waals surface area contributed by atoms with Crippen molar-refractivity contribution in [1.82, 2.24) is 0 Å². The van der Waals surface area contributed by atoms with Gasteiger partial charge in [0.05, 0.1) is 0 Å². The van der Waals surface area contributed by atoms with Crippen LogP contribution in [-0.2, 0) is 0 Å². The molecular weight excluding hydrogens is 231 g/mol. The molecule has 2 rings (SSSR count). The van der Waals surface area contributed by atoms with Gasteiger partial charge in [-0.3, -0.25) is 0 Å². The van der Waals surface area contributed by atoms with Crippen molar-refractivity contribution >= 4 is 0 Å². The fourth-order valence-corrected chi connectivity index (χ4v) is 1.79. The summed E-state index contributed by atoms with van der Waals surface area (Å²) in [7, 11) is 0. The molecule has 0 spiro atoms. The number of benzene rings is 1. The van der Waals surface area contributed by atoms with E-state index in [1.807, 2.05) is 0 Å². The van der Waals surface area contributed by atoms with Gasteiger partial charge in [0.2, 0.25) is 0 Å². The molecule has 2 nitrogen and oxygen atoms in total. The molecule has 17 heavy (non-hydrogen) atoms. The lowest BCUT2D eigenvalue weighted by Crippen LogP contribution is -2.18. The minimum absolute atomic E-state index is 0.207. The third kappa shape index (κ3) is 3.93. The molecule has 0 aromatic heterocycles. The molecule has 0 unspecified atom stereocenters. The topological polar surface area (TPSA) is 35.2 Å². The molecule has 1 aromatic carbocycles. The van der Waals surface area contributed by atoms with E-state index >= 15 is 0 Å². The zero-order valence-electron chi connectivity index (χ0n) is 9.20. The van der Waals surface area contributed by atoms with Crippen molar-refractivity contribution in [3.63, 3.8) is 0 Å². The molecule has 5 heteroatoms. The highest BCUT2D eigenvalue weighted by atomic mass is 19.4. The Morgan fingerprint density at radius 1 is 1.35 bits per heavy atom. The van der Waals surface area contributed by atoms with Crippen LogP contribution >= 0.6 is 0 Å². The minimum atomic E-state index is -4.65. The van der Waals surface area contributed by atoms with Gasteiger partial charge in [-0.25, -0.2) is 0 Å². The summed E-state index contributed by atoms with van der Waals surface area (Å²) in [6, 6.07) is 5.69. The van der Waals surface area contributed by atoms with E-state index in [-0.39, 0.29) is 11.8 Å².